The Kier molecular flexibility index (Phi) is 3.50. The number of rotatable bonds is 2. The van der Waals surface area contributed by atoms with E-state index in [0.29, 0.717) is 5.92 Å². The number of hydrogen-bond acceptors (Lipinski definition) is 2. The second-order valence-corrected chi connectivity index (χ2v) is 4.81. The molecular formula is C13H17F2NO. The Morgan fingerprint density at radius 1 is 1.29 bits per heavy atom. The smallest absolute Gasteiger partial charge is 0.152 e. The van der Waals surface area contributed by atoms with Gasteiger partial charge in [0.05, 0.1) is 6.10 Å². The fourth-order valence-corrected chi connectivity index (χ4v) is 2.32. The molecule has 1 aromatic rings. The van der Waals surface area contributed by atoms with Crippen LogP contribution in [0, 0.1) is 17.6 Å². The fourth-order valence-electron chi connectivity index (χ4n) is 2.32. The molecule has 0 saturated heterocycles. The lowest BCUT2D eigenvalue weighted by molar-refractivity contribution is 0.129. The van der Waals surface area contributed by atoms with Crippen LogP contribution in [0.1, 0.15) is 32.6 Å². The number of halogens is 2. The third kappa shape index (κ3) is 2.87. The SMILES string of the molecule is CC1CCCC(Oc2cc(F)cc(F)c2N)C1. The molecule has 2 rings (SSSR count). The highest BCUT2D eigenvalue weighted by atomic mass is 19.1. The van der Waals surface area contributed by atoms with Gasteiger partial charge in [0.2, 0.25) is 0 Å². The first-order chi connectivity index (χ1) is 8.06. The standard InChI is InChI=1S/C13H17F2NO/c1-8-3-2-4-10(5-8)17-12-7-9(14)6-11(15)13(12)16/h6-8,10H,2-5,16H2,1H3. The van der Waals surface area contributed by atoms with E-state index < -0.39 is 11.6 Å². The molecule has 94 valence electrons. The minimum Gasteiger partial charge on any atom is -0.488 e. The van der Waals surface area contributed by atoms with E-state index in [1.54, 1.807) is 0 Å². The zero-order valence-corrected chi connectivity index (χ0v) is 9.88. The lowest BCUT2D eigenvalue weighted by atomic mass is 9.89. The van der Waals surface area contributed by atoms with E-state index in [0.717, 1.165) is 31.4 Å². The highest BCUT2D eigenvalue weighted by molar-refractivity contribution is 5.53. The van der Waals surface area contributed by atoms with E-state index in [1.165, 1.54) is 6.42 Å². The van der Waals surface area contributed by atoms with E-state index >= 15 is 0 Å². The molecule has 0 bridgehead atoms. The maximum atomic E-state index is 13.2. The van der Waals surface area contributed by atoms with Crippen LogP contribution in [0.5, 0.6) is 5.75 Å². The van der Waals surface area contributed by atoms with Crippen LogP contribution >= 0.6 is 0 Å². The van der Waals surface area contributed by atoms with Crippen LogP contribution in [0.4, 0.5) is 14.5 Å². The molecule has 2 unspecified atom stereocenters. The van der Waals surface area contributed by atoms with Crippen LogP contribution in [-0.2, 0) is 0 Å². The summed E-state index contributed by atoms with van der Waals surface area (Å²) in [5.74, 6) is -0.700. The van der Waals surface area contributed by atoms with Crippen LogP contribution in [-0.4, -0.2) is 6.10 Å². The van der Waals surface area contributed by atoms with Crippen molar-refractivity contribution in [2.24, 2.45) is 5.92 Å². The number of hydrogen-bond donors (Lipinski definition) is 1. The van der Waals surface area contributed by atoms with Crippen LogP contribution in [0.25, 0.3) is 0 Å². The van der Waals surface area contributed by atoms with Crippen molar-refractivity contribution in [3.8, 4) is 5.75 Å². The largest absolute Gasteiger partial charge is 0.488 e. The molecule has 2 N–H and O–H groups in total. The number of benzene rings is 1. The number of anilines is 1. The summed E-state index contributed by atoms with van der Waals surface area (Å²) in [7, 11) is 0. The summed E-state index contributed by atoms with van der Waals surface area (Å²) in [6, 6.07) is 1.92. The minimum absolute atomic E-state index is 0.0160. The van der Waals surface area contributed by atoms with Gasteiger partial charge in [0.25, 0.3) is 0 Å². The summed E-state index contributed by atoms with van der Waals surface area (Å²) in [5, 5.41) is 0. The normalized spacial score (nSPS) is 24.6. The topological polar surface area (TPSA) is 35.2 Å². The molecule has 4 heteroatoms. The Morgan fingerprint density at radius 3 is 2.76 bits per heavy atom. The van der Waals surface area contributed by atoms with Gasteiger partial charge in [0, 0.05) is 12.1 Å². The molecule has 1 aliphatic carbocycles. The van der Waals surface area contributed by atoms with Crippen molar-refractivity contribution in [2.45, 2.75) is 38.7 Å². The summed E-state index contributed by atoms with van der Waals surface area (Å²) in [5.41, 5.74) is 5.43. The van der Waals surface area contributed by atoms with Crippen LogP contribution in [0.3, 0.4) is 0 Å². The second kappa shape index (κ2) is 4.90. The van der Waals surface area contributed by atoms with Gasteiger partial charge >= 0.3 is 0 Å². The first-order valence-corrected chi connectivity index (χ1v) is 5.97. The molecule has 1 saturated carbocycles. The third-order valence-electron chi connectivity index (χ3n) is 3.24. The summed E-state index contributed by atoms with van der Waals surface area (Å²) in [6.07, 6.45) is 4.12. The lowest BCUT2D eigenvalue weighted by Crippen LogP contribution is -2.24. The van der Waals surface area contributed by atoms with E-state index in [-0.39, 0.29) is 17.5 Å². The molecule has 0 amide bonds. The molecule has 1 aromatic carbocycles. The molecular weight excluding hydrogens is 224 g/mol. The zero-order valence-electron chi connectivity index (χ0n) is 9.88. The minimum atomic E-state index is -0.760. The Bertz CT molecular complexity index is 409. The summed E-state index contributed by atoms with van der Waals surface area (Å²) in [6.45, 7) is 2.16. The average Bonchev–Trinajstić information content (AvgIpc) is 2.25. The molecule has 0 heterocycles. The first-order valence-electron chi connectivity index (χ1n) is 5.97. The van der Waals surface area contributed by atoms with Crippen molar-refractivity contribution in [3.63, 3.8) is 0 Å². The number of ether oxygens (including phenoxy) is 1. The van der Waals surface area contributed by atoms with Gasteiger partial charge in [-0.25, -0.2) is 8.78 Å². The lowest BCUT2D eigenvalue weighted by Gasteiger charge is -2.27. The Balaban J connectivity index is 2.12. The van der Waals surface area contributed by atoms with Crippen molar-refractivity contribution >= 4 is 5.69 Å². The Hall–Kier alpha value is -1.32. The molecule has 0 aliphatic heterocycles. The number of nitrogen functional groups attached to an aromatic ring is 1. The van der Waals surface area contributed by atoms with Crippen molar-refractivity contribution in [3.05, 3.63) is 23.8 Å². The van der Waals surface area contributed by atoms with E-state index in [9.17, 15) is 8.78 Å². The van der Waals surface area contributed by atoms with Gasteiger partial charge in [-0.15, -0.1) is 0 Å². The molecule has 1 fully saturated rings. The van der Waals surface area contributed by atoms with Gasteiger partial charge in [-0.05, 0) is 25.2 Å². The third-order valence-corrected chi connectivity index (χ3v) is 3.24. The van der Waals surface area contributed by atoms with Gasteiger partial charge in [-0.1, -0.05) is 13.3 Å². The molecule has 0 radical (unpaired) electrons. The van der Waals surface area contributed by atoms with Crippen molar-refractivity contribution in [1.82, 2.24) is 0 Å². The quantitative estimate of drug-likeness (QED) is 0.804. The van der Waals surface area contributed by atoms with Crippen molar-refractivity contribution in [2.75, 3.05) is 5.73 Å². The maximum absolute atomic E-state index is 13.2. The monoisotopic (exact) mass is 241 g/mol. The predicted octanol–water partition coefficient (Wildman–Crippen LogP) is 3.50. The van der Waals surface area contributed by atoms with Gasteiger partial charge in [0.15, 0.2) is 5.82 Å². The van der Waals surface area contributed by atoms with Crippen LogP contribution in [0.2, 0.25) is 0 Å². The van der Waals surface area contributed by atoms with Gasteiger partial charge in [-0.3, -0.25) is 0 Å². The maximum Gasteiger partial charge on any atom is 0.152 e. The van der Waals surface area contributed by atoms with Crippen molar-refractivity contribution in [1.29, 1.82) is 0 Å². The van der Waals surface area contributed by atoms with Gasteiger partial charge in [-0.2, -0.15) is 0 Å². The molecule has 2 atom stereocenters. The van der Waals surface area contributed by atoms with Gasteiger partial charge < -0.3 is 10.5 Å². The van der Waals surface area contributed by atoms with Crippen LogP contribution in [0.15, 0.2) is 12.1 Å². The highest BCUT2D eigenvalue weighted by Crippen LogP contribution is 2.31. The molecule has 1 aliphatic rings. The van der Waals surface area contributed by atoms with Crippen LogP contribution < -0.4 is 10.5 Å². The fraction of sp³-hybridized carbons (Fsp3) is 0.538. The predicted molar refractivity (Wildman–Crippen MR) is 62.8 cm³/mol. The molecule has 0 spiro atoms. The zero-order chi connectivity index (χ0) is 12.4. The Morgan fingerprint density at radius 2 is 2.06 bits per heavy atom. The van der Waals surface area contributed by atoms with E-state index in [2.05, 4.69) is 6.92 Å². The Labute approximate surface area is 99.8 Å². The van der Waals surface area contributed by atoms with E-state index in [4.69, 9.17) is 10.5 Å². The first kappa shape index (κ1) is 12.1. The van der Waals surface area contributed by atoms with E-state index in [1.807, 2.05) is 0 Å². The molecule has 2 nitrogen and oxygen atoms in total. The highest BCUT2D eigenvalue weighted by Gasteiger charge is 2.21. The van der Waals surface area contributed by atoms with Gasteiger partial charge in [0.1, 0.15) is 17.3 Å². The summed E-state index contributed by atoms with van der Waals surface area (Å²) in [4.78, 5) is 0. The molecule has 0 aromatic heterocycles. The van der Waals surface area contributed by atoms with Crippen molar-refractivity contribution < 1.29 is 13.5 Å². The second-order valence-electron chi connectivity index (χ2n) is 4.81. The average molecular weight is 241 g/mol. The summed E-state index contributed by atoms with van der Waals surface area (Å²) < 4.78 is 31.9. The summed E-state index contributed by atoms with van der Waals surface area (Å²) >= 11 is 0. The molecule has 17 heavy (non-hydrogen) atoms. The number of nitrogens with two attached hydrogens (primary N) is 1.